The van der Waals surface area contributed by atoms with Gasteiger partial charge in [-0.1, -0.05) is 26.0 Å². The molecular formula is C13H20ClN. The van der Waals surface area contributed by atoms with Crippen molar-refractivity contribution in [2.45, 2.75) is 39.0 Å². The Labute approximate surface area is 98.5 Å². The average molecular weight is 226 g/mol. The van der Waals surface area contributed by atoms with E-state index in [0.717, 1.165) is 12.5 Å². The van der Waals surface area contributed by atoms with Crippen molar-refractivity contribution < 1.29 is 0 Å². The fraction of sp³-hybridized carbons (Fsp3) is 0.538. The van der Waals surface area contributed by atoms with E-state index < -0.39 is 0 Å². The van der Waals surface area contributed by atoms with Gasteiger partial charge in [0, 0.05) is 0 Å². The number of benzene rings is 1. The molecule has 15 heavy (non-hydrogen) atoms. The fourth-order valence-electron chi connectivity index (χ4n) is 2.65. The van der Waals surface area contributed by atoms with Crippen LogP contribution in [0.25, 0.3) is 0 Å². The lowest BCUT2D eigenvalue weighted by Gasteiger charge is -2.16. The van der Waals surface area contributed by atoms with Crippen LogP contribution >= 0.6 is 12.4 Å². The SMILES string of the molecule is CCN.CCc1cc2c3cc1C(C2)C3.Cl. The van der Waals surface area contributed by atoms with Crippen LogP contribution in [0.5, 0.6) is 0 Å². The van der Waals surface area contributed by atoms with Crippen molar-refractivity contribution in [3.8, 4) is 0 Å². The number of fused-ring (bicyclic) bond motifs is 1. The molecule has 0 fully saturated rings. The van der Waals surface area contributed by atoms with Crippen molar-refractivity contribution in [3.63, 3.8) is 0 Å². The molecule has 0 aliphatic heterocycles. The van der Waals surface area contributed by atoms with E-state index in [1.807, 2.05) is 6.92 Å². The Hall–Kier alpha value is -0.530. The molecule has 3 aliphatic rings. The standard InChI is InChI=1S/C11H12.C2H7N.ClH/c1-2-7-3-8-4-10-5-9(8)6-11(7)10;1-2-3;/h3,6,10H,2,4-5H2,1H3;2-3H2,1H3;1H. The molecule has 0 saturated heterocycles. The first-order valence-corrected chi connectivity index (χ1v) is 5.64. The first-order valence-electron chi connectivity index (χ1n) is 5.64. The minimum absolute atomic E-state index is 0. The van der Waals surface area contributed by atoms with Crippen LogP contribution in [-0.4, -0.2) is 6.54 Å². The van der Waals surface area contributed by atoms with Gasteiger partial charge in [0.15, 0.2) is 0 Å². The molecule has 3 aliphatic carbocycles. The highest BCUT2D eigenvalue weighted by atomic mass is 35.5. The number of halogens is 1. The zero-order valence-corrected chi connectivity index (χ0v) is 10.4. The maximum atomic E-state index is 4.85. The van der Waals surface area contributed by atoms with Gasteiger partial charge in [-0.2, -0.15) is 0 Å². The number of rotatable bonds is 1. The van der Waals surface area contributed by atoms with Gasteiger partial charge in [-0.15, -0.1) is 12.4 Å². The van der Waals surface area contributed by atoms with Crippen molar-refractivity contribution in [1.29, 1.82) is 0 Å². The Morgan fingerprint density at radius 1 is 1.20 bits per heavy atom. The van der Waals surface area contributed by atoms with E-state index in [1.165, 1.54) is 19.3 Å². The zero-order valence-electron chi connectivity index (χ0n) is 9.55. The molecule has 84 valence electrons. The van der Waals surface area contributed by atoms with Gasteiger partial charge in [-0.3, -0.25) is 0 Å². The van der Waals surface area contributed by atoms with Crippen molar-refractivity contribution in [3.05, 3.63) is 34.4 Å². The Morgan fingerprint density at radius 3 is 2.13 bits per heavy atom. The number of hydrogen-bond acceptors (Lipinski definition) is 1. The van der Waals surface area contributed by atoms with Gasteiger partial charge in [0.1, 0.15) is 0 Å². The molecule has 0 heterocycles. The molecule has 4 bridgehead atoms. The lowest BCUT2D eigenvalue weighted by Crippen LogP contribution is -2.04. The number of nitrogens with two attached hydrogens (primary N) is 1. The largest absolute Gasteiger partial charge is 0.331 e. The van der Waals surface area contributed by atoms with E-state index >= 15 is 0 Å². The highest BCUT2D eigenvalue weighted by Gasteiger charge is 2.32. The Bertz CT molecular complexity index is 347. The molecule has 2 N–H and O–H groups in total. The van der Waals surface area contributed by atoms with Crippen LogP contribution in [0.3, 0.4) is 0 Å². The molecular weight excluding hydrogens is 206 g/mol. The molecule has 1 nitrogen and oxygen atoms in total. The minimum Gasteiger partial charge on any atom is -0.331 e. The first kappa shape index (κ1) is 12.5. The minimum atomic E-state index is 0. The zero-order chi connectivity index (χ0) is 10.1. The van der Waals surface area contributed by atoms with Crippen molar-refractivity contribution in [2.75, 3.05) is 6.54 Å². The van der Waals surface area contributed by atoms with E-state index in [1.54, 1.807) is 22.3 Å². The van der Waals surface area contributed by atoms with E-state index in [4.69, 9.17) is 5.73 Å². The first-order chi connectivity index (χ1) is 6.80. The third-order valence-corrected chi connectivity index (χ3v) is 3.21. The van der Waals surface area contributed by atoms with Crippen molar-refractivity contribution in [1.82, 2.24) is 0 Å². The van der Waals surface area contributed by atoms with E-state index in [2.05, 4.69) is 19.1 Å². The molecule has 0 saturated carbocycles. The lowest BCUT2D eigenvalue weighted by atomic mass is 9.88. The van der Waals surface area contributed by atoms with Crippen LogP contribution in [-0.2, 0) is 19.3 Å². The highest BCUT2D eigenvalue weighted by Crippen LogP contribution is 2.44. The predicted octanol–water partition coefficient (Wildman–Crippen LogP) is 2.83. The van der Waals surface area contributed by atoms with Crippen LogP contribution in [0.1, 0.15) is 42.0 Å². The van der Waals surface area contributed by atoms with Crippen molar-refractivity contribution >= 4 is 12.4 Å². The summed E-state index contributed by atoms with van der Waals surface area (Å²) in [6.07, 6.45) is 3.93. The molecule has 0 radical (unpaired) electrons. The van der Waals surface area contributed by atoms with Gasteiger partial charge < -0.3 is 5.73 Å². The Kier molecular flexibility index (Phi) is 4.18. The number of aryl methyl sites for hydroxylation is 1. The maximum absolute atomic E-state index is 4.85. The Morgan fingerprint density at radius 2 is 1.73 bits per heavy atom. The average Bonchev–Trinajstić information content (AvgIpc) is 2.73. The molecule has 0 aromatic heterocycles. The molecule has 0 spiro atoms. The third kappa shape index (κ3) is 2.04. The van der Waals surface area contributed by atoms with Crippen LogP contribution < -0.4 is 5.73 Å². The second-order valence-corrected chi connectivity index (χ2v) is 4.19. The smallest absolute Gasteiger partial charge is 0.00780 e. The molecule has 1 atom stereocenters. The molecule has 0 amide bonds. The van der Waals surface area contributed by atoms with Crippen LogP contribution in [0.15, 0.2) is 12.1 Å². The number of hydrogen-bond donors (Lipinski definition) is 1. The second kappa shape index (κ2) is 5.00. The second-order valence-electron chi connectivity index (χ2n) is 4.19. The molecule has 4 rings (SSSR count). The summed E-state index contributed by atoms with van der Waals surface area (Å²) in [5.74, 6) is 0.903. The highest BCUT2D eigenvalue weighted by molar-refractivity contribution is 5.85. The quantitative estimate of drug-likeness (QED) is 0.782. The van der Waals surface area contributed by atoms with Gasteiger partial charge in [0.2, 0.25) is 0 Å². The van der Waals surface area contributed by atoms with Gasteiger partial charge in [-0.25, -0.2) is 0 Å². The lowest BCUT2D eigenvalue weighted by molar-refractivity contribution is 0.739. The fourth-order valence-corrected chi connectivity index (χ4v) is 2.65. The summed E-state index contributed by atoms with van der Waals surface area (Å²) in [5, 5.41) is 0. The molecule has 1 unspecified atom stereocenters. The predicted molar refractivity (Wildman–Crippen MR) is 67.9 cm³/mol. The summed E-state index contributed by atoms with van der Waals surface area (Å²) >= 11 is 0. The van der Waals surface area contributed by atoms with E-state index in [0.29, 0.717) is 0 Å². The summed E-state index contributed by atoms with van der Waals surface area (Å²) in [7, 11) is 0. The summed E-state index contributed by atoms with van der Waals surface area (Å²) in [5.41, 5.74) is 11.4. The monoisotopic (exact) mass is 225 g/mol. The van der Waals surface area contributed by atoms with Gasteiger partial charge in [-0.05, 0) is 54.0 Å². The van der Waals surface area contributed by atoms with Crippen molar-refractivity contribution in [2.24, 2.45) is 5.73 Å². The van der Waals surface area contributed by atoms with Crippen LogP contribution in [0.2, 0.25) is 0 Å². The van der Waals surface area contributed by atoms with Gasteiger partial charge in [0.05, 0.1) is 0 Å². The summed E-state index contributed by atoms with van der Waals surface area (Å²) < 4.78 is 0. The summed E-state index contributed by atoms with van der Waals surface area (Å²) in [4.78, 5) is 0. The Balaban J connectivity index is 0.000000256. The normalized spacial score (nSPS) is 18.5. The topological polar surface area (TPSA) is 26.0 Å². The van der Waals surface area contributed by atoms with E-state index in [9.17, 15) is 0 Å². The summed E-state index contributed by atoms with van der Waals surface area (Å²) in [6, 6.07) is 4.86. The molecule has 1 aromatic rings. The summed E-state index contributed by atoms with van der Waals surface area (Å²) in [6.45, 7) is 4.91. The molecule has 1 aromatic carbocycles. The van der Waals surface area contributed by atoms with E-state index in [-0.39, 0.29) is 12.4 Å². The van der Waals surface area contributed by atoms with Gasteiger partial charge >= 0.3 is 0 Å². The van der Waals surface area contributed by atoms with Crippen LogP contribution in [0, 0.1) is 0 Å². The molecule has 2 heteroatoms. The third-order valence-electron chi connectivity index (χ3n) is 3.21. The van der Waals surface area contributed by atoms with Crippen LogP contribution in [0.4, 0.5) is 0 Å². The van der Waals surface area contributed by atoms with Gasteiger partial charge in [0.25, 0.3) is 0 Å². The maximum Gasteiger partial charge on any atom is -0.00780 e.